The summed E-state index contributed by atoms with van der Waals surface area (Å²) in [5, 5.41) is 5.90. The Balaban J connectivity index is 1.40. The van der Waals surface area contributed by atoms with E-state index in [0.29, 0.717) is 46.6 Å². The second-order valence-corrected chi connectivity index (χ2v) is 10.6. The lowest BCUT2D eigenvalue weighted by Gasteiger charge is -2.25. The maximum absolute atomic E-state index is 13.5. The fraction of sp³-hybridized carbons (Fsp3) is 0.323. The number of esters is 1. The van der Waals surface area contributed by atoms with Gasteiger partial charge in [-0.2, -0.15) is 0 Å². The van der Waals surface area contributed by atoms with Crippen LogP contribution in [-0.2, 0) is 16.0 Å². The SMILES string of the molecule is COC(=O)c1ccc(OC[C@@H]2C[C@@H](N(C)C)CN2C(=O)Cc2ccc(NC(=O)Nc3ccccc3Cl)c(OC)c2)cc1. The Hall–Kier alpha value is -4.28. The fourth-order valence-corrected chi connectivity index (χ4v) is 4.97. The van der Waals surface area contributed by atoms with Crippen molar-refractivity contribution in [3.8, 4) is 11.5 Å². The number of anilines is 2. The molecule has 3 amide bonds. The summed E-state index contributed by atoms with van der Waals surface area (Å²) in [5.74, 6) is 0.587. The lowest BCUT2D eigenvalue weighted by Crippen LogP contribution is -2.40. The Labute approximate surface area is 250 Å². The topological polar surface area (TPSA) is 109 Å². The minimum atomic E-state index is -0.472. The van der Waals surface area contributed by atoms with E-state index in [-0.39, 0.29) is 24.4 Å². The number of carbonyl (C=O) groups is 3. The molecule has 3 aromatic carbocycles. The van der Waals surface area contributed by atoms with Crippen LogP contribution < -0.4 is 20.1 Å². The molecular formula is C31H35ClN4O6. The van der Waals surface area contributed by atoms with Gasteiger partial charge in [0.1, 0.15) is 18.1 Å². The van der Waals surface area contributed by atoms with Crippen LogP contribution in [0, 0.1) is 0 Å². The standard InChI is InChI=1S/C31H35ClN4O6/c1-35(2)22-17-23(19-42-24-12-10-21(11-13-24)30(38)41-4)36(18-22)29(37)16-20-9-14-27(28(15-20)40-3)34-31(39)33-26-8-6-5-7-25(26)32/h5-15,22-23H,16-19H2,1-4H3,(H2,33,34,39)/t22-,23+/m1/s1. The van der Waals surface area contributed by atoms with Crippen LogP contribution in [0.25, 0.3) is 0 Å². The Morgan fingerprint density at radius 2 is 1.69 bits per heavy atom. The minimum absolute atomic E-state index is 0.0341. The molecule has 11 heteroatoms. The van der Waals surface area contributed by atoms with Gasteiger partial charge < -0.3 is 34.6 Å². The maximum atomic E-state index is 13.5. The lowest BCUT2D eigenvalue weighted by molar-refractivity contribution is -0.131. The van der Waals surface area contributed by atoms with Gasteiger partial charge in [-0.1, -0.05) is 29.8 Å². The highest BCUT2D eigenvalue weighted by molar-refractivity contribution is 6.33. The highest BCUT2D eigenvalue weighted by Gasteiger charge is 2.36. The molecule has 3 aromatic rings. The lowest BCUT2D eigenvalue weighted by atomic mass is 10.1. The molecule has 222 valence electrons. The third-order valence-electron chi connectivity index (χ3n) is 7.15. The van der Waals surface area contributed by atoms with E-state index in [1.54, 1.807) is 66.7 Å². The number of benzene rings is 3. The van der Waals surface area contributed by atoms with Crippen molar-refractivity contribution in [2.24, 2.45) is 0 Å². The first-order chi connectivity index (χ1) is 20.2. The van der Waals surface area contributed by atoms with Crippen molar-refractivity contribution >= 4 is 40.9 Å². The average Bonchev–Trinajstić information content (AvgIpc) is 3.43. The molecule has 0 spiro atoms. The molecule has 0 bridgehead atoms. The number of halogens is 1. The van der Waals surface area contributed by atoms with Crippen LogP contribution in [0.4, 0.5) is 16.2 Å². The first-order valence-electron chi connectivity index (χ1n) is 13.4. The molecular weight excluding hydrogens is 560 g/mol. The number of rotatable bonds is 10. The van der Waals surface area contributed by atoms with Gasteiger partial charge in [0.15, 0.2) is 0 Å². The highest BCUT2D eigenvalue weighted by Crippen LogP contribution is 2.29. The molecule has 42 heavy (non-hydrogen) atoms. The van der Waals surface area contributed by atoms with E-state index in [1.165, 1.54) is 14.2 Å². The molecule has 1 heterocycles. The summed E-state index contributed by atoms with van der Waals surface area (Å²) >= 11 is 6.13. The summed E-state index contributed by atoms with van der Waals surface area (Å²) in [7, 11) is 6.84. The predicted octanol–water partition coefficient (Wildman–Crippen LogP) is 4.93. The van der Waals surface area contributed by atoms with E-state index in [9.17, 15) is 14.4 Å². The number of para-hydroxylation sites is 1. The average molecular weight is 595 g/mol. The van der Waals surface area contributed by atoms with Crippen molar-refractivity contribution < 1.29 is 28.6 Å². The molecule has 0 unspecified atom stereocenters. The number of methoxy groups -OCH3 is 2. The second-order valence-electron chi connectivity index (χ2n) is 10.2. The van der Waals surface area contributed by atoms with Gasteiger partial charge >= 0.3 is 12.0 Å². The van der Waals surface area contributed by atoms with Gasteiger partial charge in [0, 0.05) is 12.6 Å². The van der Waals surface area contributed by atoms with Gasteiger partial charge in [-0.15, -0.1) is 0 Å². The zero-order chi connectivity index (χ0) is 30.2. The number of nitrogens with zero attached hydrogens (tertiary/aromatic N) is 2. The second kappa shape index (κ2) is 14.1. The molecule has 0 saturated carbocycles. The van der Waals surface area contributed by atoms with E-state index in [4.69, 9.17) is 25.8 Å². The van der Waals surface area contributed by atoms with Gasteiger partial charge in [-0.05, 0) is 74.6 Å². The molecule has 1 aliphatic heterocycles. The van der Waals surface area contributed by atoms with Crippen molar-refractivity contribution in [1.29, 1.82) is 0 Å². The monoisotopic (exact) mass is 594 g/mol. The van der Waals surface area contributed by atoms with Gasteiger partial charge in [0.05, 0.1) is 48.6 Å². The number of likely N-dealkylation sites (N-methyl/N-ethyl adjacent to an activating group) is 1. The van der Waals surface area contributed by atoms with Gasteiger partial charge in [0.2, 0.25) is 5.91 Å². The van der Waals surface area contributed by atoms with Crippen molar-refractivity contribution in [3.05, 3.63) is 82.9 Å². The Bertz CT molecular complexity index is 1410. The first kappa shape index (κ1) is 30.7. The third-order valence-corrected chi connectivity index (χ3v) is 7.48. The number of ether oxygens (including phenoxy) is 3. The summed E-state index contributed by atoms with van der Waals surface area (Å²) in [6.07, 6.45) is 0.929. The molecule has 2 atom stereocenters. The zero-order valence-electron chi connectivity index (χ0n) is 24.1. The Morgan fingerprint density at radius 3 is 2.36 bits per heavy atom. The largest absolute Gasteiger partial charge is 0.495 e. The smallest absolute Gasteiger partial charge is 0.337 e. The van der Waals surface area contributed by atoms with E-state index in [2.05, 4.69) is 15.5 Å². The number of amides is 3. The van der Waals surface area contributed by atoms with Crippen LogP contribution in [0.5, 0.6) is 11.5 Å². The molecule has 1 aliphatic rings. The van der Waals surface area contributed by atoms with Gasteiger partial charge in [0.25, 0.3) is 0 Å². The maximum Gasteiger partial charge on any atom is 0.337 e. The van der Waals surface area contributed by atoms with Crippen LogP contribution in [0.2, 0.25) is 5.02 Å². The fourth-order valence-electron chi connectivity index (χ4n) is 4.79. The summed E-state index contributed by atoms with van der Waals surface area (Å²) in [5.41, 5.74) is 2.13. The quantitative estimate of drug-likeness (QED) is 0.320. The highest BCUT2D eigenvalue weighted by atomic mass is 35.5. The van der Waals surface area contributed by atoms with E-state index in [0.717, 1.165) is 12.0 Å². The molecule has 1 fully saturated rings. The zero-order valence-corrected chi connectivity index (χ0v) is 24.8. The number of carbonyl (C=O) groups excluding carboxylic acids is 3. The van der Waals surface area contributed by atoms with Crippen molar-refractivity contribution in [2.75, 3.05) is 52.1 Å². The van der Waals surface area contributed by atoms with Crippen LogP contribution in [0.15, 0.2) is 66.7 Å². The summed E-state index contributed by atoms with van der Waals surface area (Å²) in [6, 6.07) is 18.5. The van der Waals surface area contributed by atoms with Crippen molar-refractivity contribution in [2.45, 2.75) is 24.9 Å². The summed E-state index contributed by atoms with van der Waals surface area (Å²) in [4.78, 5) is 41.8. The number of likely N-dealkylation sites (tertiary alicyclic amines) is 1. The summed E-state index contributed by atoms with van der Waals surface area (Å²) < 4.78 is 16.3. The van der Waals surface area contributed by atoms with Crippen LogP contribution in [0.1, 0.15) is 22.3 Å². The van der Waals surface area contributed by atoms with Gasteiger partial charge in [-0.3, -0.25) is 4.79 Å². The van der Waals surface area contributed by atoms with Crippen molar-refractivity contribution in [1.82, 2.24) is 9.80 Å². The number of hydrogen-bond acceptors (Lipinski definition) is 7. The first-order valence-corrected chi connectivity index (χ1v) is 13.8. The number of urea groups is 1. The predicted molar refractivity (Wildman–Crippen MR) is 162 cm³/mol. The van der Waals surface area contributed by atoms with Crippen LogP contribution in [0.3, 0.4) is 0 Å². The molecule has 2 N–H and O–H groups in total. The third kappa shape index (κ3) is 7.71. The minimum Gasteiger partial charge on any atom is -0.495 e. The summed E-state index contributed by atoms with van der Waals surface area (Å²) in [6.45, 7) is 0.903. The molecule has 4 rings (SSSR count). The number of nitrogens with one attached hydrogen (secondary N) is 2. The molecule has 0 radical (unpaired) electrons. The molecule has 0 aromatic heterocycles. The van der Waals surface area contributed by atoms with Crippen molar-refractivity contribution in [3.63, 3.8) is 0 Å². The molecule has 0 aliphatic carbocycles. The van der Waals surface area contributed by atoms with E-state index < -0.39 is 12.0 Å². The van der Waals surface area contributed by atoms with E-state index >= 15 is 0 Å². The molecule has 10 nitrogen and oxygen atoms in total. The van der Waals surface area contributed by atoms with E-state index in [1.807, 2.05) is 19.0 Å². The van der Waals surface area contributed by atoms with Crippen LogP contribution in [-0.4, -0.2) is 81.3 Å². The Morgan fingerprint density at radius 1 is 0.976 bits per heavy atom. The normalized spacial score (nSPS) is 16.2. The Kier molecular flexibility index (Phi) is 10.3. The number of hydrogen-bond donors (Lipinski definition) is 2. The van der Waals surface area contributed by atoms with Crippen LogP contribution >= 0.6 is 11.6 Å². The van der Waals surface area contributed by atoms with Gasteiger partial charge in [-0.25, -0.2) is 9.59 Å². The molecule has 1 saturated heterocycles.